The predicted octanol–water partition coefficient (Wildman–Crippen LogP) is 1.68. The molecule has 0 aliphatic carbocycles. The number of allylic oxidation sites excluding steroid dienone is 2. The van der Waals surface area contributed by atoms with Crippen LogP contribution in [0.2, 0.25) is 0 Å². The minimum Gasteiger partial charge on any atom is -0.329 e. The fourth-order valence-corrected chi connectivity index (χ4v) is 1.68. The zero-order valence-electron chi connectivity index (χ0n) is 9.41. The summed E-state index contributed by atoms with van der Waals surface area (Å²) in [6, 6.07) is 0. The van der Waals surface area contributed by atoms with Gasteiger partial charge in [0.25, 0.3) is 0 Å². The van der Waals surface area contributed by atoms with Crippen molar-refractivity contribution in [2.75, 3.05) is 19.6 Å². The summed E-state index contributed by atoms with van der Waals surface area (Å²) in [5.74, 6) is 0. The third-order valence-corrected chi connectivity index (χ3v) is 2.53. The van der Waals surface area contributed by atoms with E-state index in [2.05, 4.69) is 23.2 Å². The smallest absolute Gasteiger partial charge is 0.211 e. The number of carbonyl (C=O) groups excluding carboxylic acids is 1. The van der Waals surface area contributed by atoms with Crippen molar-refractivity contribution in [3.8, 4) is 0 Å². The summed E-state index contributed by atoms with van der Waals surface area (Å²) in [6.45, 7) is 5.38. The first-order chi connectivity index (χ1) is 7.36. The Hall–Kier alpha value is -1.09. The van der Waals surface area contributed by atoms with Gasteiger partial charge in [0, 0.05) is 12.2 Å². The number of rotatable bonds is 6. The second-order valence-electron chi connectivity index (χ2n) is 3.74. The molecule has 0 spiro atoms. The Morgan fingerprint density at radius 1 is 1.40 bits per heavy atom. The number of likely N-dealkylation sites (tertiary alicyclic amines) is 1. The largest absolute Gasteiger partial charge is 0.329 e. The number of amides is 1. The number of nitrogens with zero attached hydrogens (tertiary/aromatic N) is 1. The molecule has 0 bridgehead atoms. The molecule has 1 aliphatic heterocycles. The van der Waals surface area contributed by atoms with E-state index in [9.17, 15) is 4.79 Å². The fourth-order valence-electron chi connectivity index (χ4n) is 1.68. The predicted molar refractivity (Wildman–Crippen MR) is 62.4 cm³/mol. The van der Waals surface area contributed by atoms with Crippen LogP contribution in [-0.4, -0.2) is 30.9 Å². The van der Waals surface area contributed by atoms with Gasteiger partial charge in [0.2, 0.25) is 6.41 Å². The van der Waals surface area contributed by atoms with E-state index >= 15 is 0 Å². The van der Waals surface area contributed by atoms with Crippen LogP contribution in [-0.2, 0) is 4.79 Å². The Morgan fingerprint density at radius 2 is 2.13 bits per heavy atom. The van der Waals surface area contributed by atoms with E-state index in [0.717, 1.165) is 25.1 Å². The summed E-state index contributed by atoms with van der Waals surface area (Å²) in [6.07, 6.45) is 10.4. The minimum absolute atomic E-state index is 0.732. The van der Waals surface area contributed by atoms with Crippen molar-refractivity contribution in [2.45, 2.75) is 26.2 Å². The van der Waals surface area contributed by atoms with Crippen molar-refractivity contribution in [1.29, 1.82) is 0 Å². The average Bonchev–Trinajstić information content (AvgIpc) is 2.75. The normalized spacial score (nSPS) is 18.6. The third-order valence-electron chi connectivity index (χ3n) is 2.53. The monoisotopic (exact) mass is 208 g/mol. The SMILES string of the molecule is CC/C=C\C(=C/CN1CCCC1)NC=O. The molecule has 0 aromatic carbocycles. The molecule has 3 nitrogen and oxygen atoms in total. The average molecular weight is 208 g/mol. The van der Waals surface area contributed by atoms with Crippen LogP contribution >= 0.6 is 0 Å². The number of nitrogens with one attached hydrogen (secondary N) is 1. The van der Waals surface area contributed by atoms with Gasteiger partial charge in [-0.1, -0.05) is 13.0 Å². The van der Waals surface area contributed by atoms with Gasteiger partial charge in [0.05, 0.1) is 0 Å². The quantitative estimate of drug-likeness (QED) is 0.532. The van der Waals surface area contributed by atoms with Gasteiger partial charge in [-0.05, 0) is 44.5 Å². The third kappa shape index (κ3) is 4.79. The zero-order valence-corrected chi connectivity index (χ0v) is 9.41. The zero-order chi connectivity index (χ0) is 10.9. The molecule has 1 N–H and O–H groups in total. The van der Waals surface area contributed by atoms with Gasteiger partial charge in [-0.2, -0.15) is 0 Å². The lowest BCUT2D eigenvalue weighted by Crippen LogP contribution is -2.20. The van der Waals surface area contributed by atoms with Crippen LogP contribution in [0.3, 0.4) is 0 Å². The van der Waals surface area contributed by atoms with Crippen LogP contribution in [0.5, 0.6) is 0 Å². The first-order valence-electron chi connectivity index (χ1n) is 5.66. The van der Waals surface area contributed by atoms with Crippen LogP contribution < -0.4 is 5.32 Å². The van der Waals surface area contributed by atoms with Crippen LogP contribution in [0.15, 0.2) is 23.9 Å². The number of carbonyl (C=O) groups is 1. The van der Waals surface area contributed by atoms with Crippen molar-refractivity contribution < 1.29 is 4.79 Å². The Morgan fingerprint density at radius 3 is 2.73 bits per heavy atom. The summed E-state index contributed by atoms with van der Waals surface area (Å²) in [5.41, 5.74) is 0.902. The van der Waals surface area contributed by atoms with E-state index in [0.29, 0.717) is 0 Å². The second-order valence-corrected chi connectivity index (χ2v) is 3.74. The molecular weight excluding hydrogens is 188 g/mol. The van der Waals surface area contributed by atoms with Crippen molar-refractivity contribution in [2.24, 2.45) is 0 Å². The maximum absolute atomic E-state index is 10.4. The lowest BCUT2D eigenvalue weighted by molar-refractivity contribution is -0.108. The molecule has 84 valence electrons. The molecule has 1 amide bonds. The molecule has 0 saturated carbocycles. The van der Waals surface area contributed by atoms with Crippen LogP contribution in [0.1, 0.15) is 26.2 Å². The molecule has 3 heteroatoms. The number of hydrogen-bond acceptors (Lipinski definition) is 2. The summed E-state index contributed by atoms with van der Waals surface area (Å²) >= 11 is 0. The highest BCUT2D eigenvalue weighted by Crippen LogP contribution is 2.07. The Balaban J connectivity index is 2.41. The molecule has 0 aromatic rings. The molecule has 1 rings (SSSR count). The fraction of sp³-hybridized carbons (Fsp3) is 0.583. The van der Waals surface area contributed by atoms with Gasteiger partial charge in [-0.3, -0.25) is 9.69 Å². The Kier molecular flexibility index (Phi) is 5.78. The van der Waals surface area contributed by atoms with Crippen molar-refractivity contribution in [3.63, 3.8) is 0 Å². The number of hydrogen-bond donors (Lipinski definition) is 1. The highest BCUT2D eigenvalue weighted by atomic mass is 16.1. The topological polar surface area (TPSA) is 32.3 Å². The molecule has 0 radical (unpaired) electrons. The summed E-state index contributed by atoms with van der Waals surface area (Å²) in [7, 11) is 0. The highest BCUT2D eigenvalue weighted by Gasteiger charge is 2.09. The van der Waals surface area contributed by atoms with E-state index in [1.165, 1.54) is 25.9 Å². The van der Waals surface area contributed by atoms with Crippen molar-refractivity contribution >= 4 is 6.41 Å². The first kappa shape index (κ1) is 12.0. The lowest BCUT2D eigenvalue weighted by atomic mass is 10.3. The van der Waals surface area contributed by atoms with Gasteiger partial charge >= 0.3 is 0 Å². The minimum atomic E-state index is 0.732. The molecule has 15 heavy (non-hydrogen) atoms. The maximum atomic E-state index is 10.4. The standard InChI is InChI=1S/C12H20N2O/c1-2-3-6-12(13-11-15)7-10-14-8-4-5-9-14/h3,6-7,11H,2,4-5,8-10H2,1H3,(H,13,15)/b6-3-,12-7+. The Bertz CT molecular complexity index is 240. The highest BCUT2D eigenvalue weighted by molar-refractivity contribution is 5.51. The second kappa shape index (κ2) is 7.23. The van der Waals surface area contributed by atoms with Crippen LogP contribution in [0.4, 0.5) is 0 Å². The van der Waals surface area contributed by atoms with Gasteiger partial charge in [-0.25, -0.2) is 0 Å². The van der Waals surface area contributed by atoms with E-state index in [1.807, 2.05) is 12.2 Å². The molecule has 1 heterocycles. The molecule has 0 atom stereocenters. The van der Waals surface area contributed by atoms with Crippen molar-refractivity contribution in [3.05, 3.63) is 23.9 Å². The van der Waals surface area contributed by atoms with Gasteiger partial charge in [-0.15, -0.1) is 0 Å². The lowest BCUT2D eigenvalue weighted by Gasteiger charge is -2.11. The van der Waals surface area contributed by atoms with E-state index < -0.39 is 0 Å². The van der Waals surface area contributed by atoms with Gasteiger partial charge < -0.3 is 5.32 Å². The van der Waals surface area contributed by atoms with E-state index in [4.69, 9.17) is 0 Å². The van der Waals surface area contributed by atoms with Crippen molar-refractivity contribution in [1.82, 2.24) is 10.2 Å². The van der Waals surface area contributed by atoms with Crippen LogP contribution in [0.25, 0.3) is 0 Å². The molecular formula is C12H20N2O. The van der Waals surface area contributed by atoms with Gasteiger partial charge in [0.1, 0.15) is 0 Å². The first-order valence-corrected chi connectivity index (χ1v) is 5.66. The molecule has 1 fully saturated rings. The molecule has 0 aromatic heterocycles. The maximum Gasteiger partial charge on any atom is 0.211 e. The van der Waals surface area contributed by atoms with E-state index in [1.54, 1.807) is 0 Å². The summed E-state index contributed by atoms with van der Waals surface area (Å²) in [5, 5.41) is 2.71. The Labute approximate surface area is 91.8 Å². The summed E-state index contributed by atoms with van der Waals surface area (Å²) in [4.78, 5) is 12.8. The molecule has 1 aliphatic rings. The summed E-state index contributed by atoms with van der Waals surface area (Å²) < 4.78 is 0. The van der Waals surface area contributed by atoms with Gasteiger partial charge in [0.15, 0.2) is 0 Å². The van der Waals surface area contributed by atoms with Crippen LogP contribution in [0, 0.1) is 0 Å². The molecule has 0 unspecified atom stereocenters. The van der Waals surface area contributed by atoms with E-state index in [-0.39, 0.29) is 0 Å². The molecule has 1 saturated heterocycles.